The van der Waals surface area contributed by atoms with E-state index in [1.54, 1.807) is 0 Å². The predicted molar refractivity (Wildman–Crippen MR) is 75.6 cm³/mol. The summed E-state index contributed by atoms with van der Waals surface area (Å²) in [5, 5.41) is 3.89. The van der Waals surface area contributed by atoms with Gasteiger partial charge < -0.3 is 4.90 Å². The molecule has 0 aromatic rings. The minimum atomic E-state index is 0.665. The van der Waals surface area contributed by atoms with Crippen LogP contribution in [-0.4, -0.2) is 51.8 Å². The van der Waals surface area contributed by atoms with E-state index in [0.717, 1.165) is 17.1 Å². The number of thioether (sulfide) groups is 2. The van der Waals surface area contributed by atoms with E-state index < -0.39 is 0 Å². The van der Waals surface area contributed by atoms with E-state index in [4.69, 9.17) is 0 Å². The van der Waals surface area contributed by atoms with Gasteiger partial charge in [0.05, 0.1) is 6.54 Å². The van der Waals surface area contributed by atoms with Crippen LogP contribution in [0.15, 0.2) is 4.99 Å². The van der Waals surface area contributed by atoms with Crippen LogP contribution in [0, 0.1) is 0 Å². The molecule has 0 radical (unpaired) electrons. The molecule has 0 bridgehead atoms. The quantitative estimate of drug-likeness (QED) is 0.729. The van der Waals surface area contributed by atoms with Crippen molar-refractivity contribution < 1.29 is 0 Å². The van der Waals surface area contributed by atoms with Gasteiger partial charge in [0.15, 0.2) is 5.17 Å². The Morgan fingerprint density at radius 2 is 2.27 bits per heavy atom. The van der Waals surface area contributed by atoms with Crippen molar-refractivity contribution in [3.8, 4) is 0 Å². The SMILES string of the molecule is CSC1CCN(C2=NCC(CBr)S2)CC1. The summed E-state index contributed by atoms with van der Waals surface area (Å²) in [4.78, 5) is 7.10. The van der Waals surface area contributed by atoms with E-state index >= 15 is 0 Å². The first-order valence-electron chi connectivity index (χ1n) is 5.38. The molecule has 5 heteroatoms. The Morgan fingerprint density at radius 3 is 2.80 bits per heavy atom. The number of hydrogen-bond donors (Lipinski definition) is 0. The van der Waals surface area contributed by atoms with Crippen LogP contribution in [0.3, 0.4) is 0 Å². The summed E-state index contributed by atoms with van der Waals surface area (Å²) in [6, 6.07) is 0. The van der Waals surface area contributed by atoms with Gasteiger partial charge in [-0.05, 0) is 19.1 Å². The molecule has 0 saturated carbocycles. The molecule has 0 aliphatic carbocycles. The van der Waals surface area contributed by atoms with Crippen LogP contribution in [0.1, 0.15) is 12.8 Å². The van der Waals surface area contributed by atoms with Crippen LogP contribution in [0.5, 0.6) is 0 Å². The van der Waals surface area contributed by atoms with Crippen LogP contribution in [0.2, 0.25) is 0 Å². The molecule has 1 unspecified atom stereocenters. The van der Waals surface area contributed by atoms with E-state index in [1.807, 2.05) is 23.5 Å². The van der Waals surface area contributed by atoms with Crippen LogP contribution in [-0.2, 0) is 0 Å². The highest BCUT2D eigenvalue weighted by atomic mass is 79.9. The fourth-order valence-electron chi connectivity index (χ4n) is 1.94. The van der Waals surface area contributed by atoms with Crippen molar-refractivity contribution in [1.29, 1.82) is 0 Å². The molecule has 0 aromatic carbocycles. The minimum Gasteiger partial charge on any atom is -0.351 e. The molecule has 0 N–H and O–H groups in total. The molecule has 2 rings (SSSR count). The fraction of sp³-hybridized carbons (Fsp3) is 0.900. The molecule has 0 spiro atoms. The van der Waals surface area contributed by atoms with Crippen LogP contribution in [0.4, 0.5) is 0 Å². The van der Waals surface area contributed by atoms with Gasteiger partial charge in [0.2, 0.25) is 0 Å². The molecule has 15 heavy (non-hydrogen) atoms. The van der Waals surface area contributed by atoms with Gasteiger partial charge in [-0.3, -0.25) is 4.99 Å². The second-order valence-electron chi connectivity index (χ2n) is 3.94. The highest BCUT2D eigenvalue weighted by Gasteiger charge is 2.26. The van der Waals surface area contributed by atoms with E-state index in [0.29, 0.717) is 5.25 Å². The molecular weight excluding hydrogens is 292 g/mol. The second kappa shape index (κ2) is 5.82. The lowest BCUT2D eigenvalue weighted by atomic mass is 10.1. The number of alkyl halides is 1. The molecule has 2 aliphatic rings. The minimum absolute atomic E-state index is 0.665. The molecule has 2 nitrogen and oxygen atoms in total. The standard InChI is InChI=1S/C10H17BrN2S2/c1-14-8-2-4-13(5-3-8)10-12-7-9(6-11)15-10/h8-9H,2-7H2,1H3. The monoisotopic (exact) mass is 308 g/mol. The van der Waals surface area contributed by atoms with E-state index in [9.17, 15) is 0 Å². The molecule has 0 aromatic heterocycles. The Kier molecular flexibility index (Phi) is 4.70. The predicted octanol–water partition coefficient (Wildman–Crippen LogP) is 2.68. The van der Waals surface area contributed by atoms with E-state index in [1.165, 1.54) is 31.1 Å². The number of hydrogen-bond acceptors (Lipinski definition) is 4. The van der Waals surface area contributed by atoms with Crippen molar-refractivity contribution >= 4 is 44.6 Å². The van der Waals surface area contributed by atoms with Crippen LogP contribution in [0.25, 0.3) is 0 Å². The fourth-order valence-corrected chi connectivity index (χ4v) is 4.22. The first kappa shape index (κ1) is 12.1. The van der Waals surface area contributed by atoms with Crippen molar-refractivity contribution in [2.24, 2.45) is 4.99 Å². The number of nitrogens with zero attached hydrogens (tertiary/aromatic N) is 2. The lowest BCUT2D eigenvalue weighted by Gasteiger charge is -2.32. The molecule has 2 heterocycles. The van der Waals surface area contributed by atoms with Gasteiger partial charge in [-0.1, -0.05) is 27.7 Å². The zero-order valence-corrected chi connectivity index (χ0v) is 12.2. The summed E-state index contributed by atoms with van der Waals surface area (Å²) >= 11 is 7.50. The Morgan fingerprint density at radius 1 is 1.53 bits per heavy atom. The Labute approximate surface area is 109 Å². The number of halogens is 1. The zero-order valence-electron chi connectivity index (χ0n) is 8.99. The topological polar surface area (TPSA) is 15.6 Å². The number of aliphatic imine (C=N–C) groups is 1. The van der Waals surface area contributed by atoms with Gasteiger partial charge in [-0.2, -0.15) is 11.8 Å². The summed E-state index contributed by atoms with van der Waals surface area (Å²) in [6.45, 7) is 3.40. The molecule has 1 atom stereocenters. The smallest absolute Gasteiger partial charge is 0.159 e. The van der Waals surface area contributed by atoms with Gasteiger partial charge in [-0.15, -0.1) is 0 Å². The average molecular weight is 309 g/mol. The molecular formula is C10H17BrN2S2. The second-order valence-corrected chi connectivity index (χ2v) is 6.99. The third-order valence-electron chi connectivity index (χ3n) is 2.92. The van der Waals surface area contributed by atoms with Crippen molar-refractivity contribution in [1.82, 2.24) is 4.90 Å². The number of piperidine rings is 1. The molecule has 2 aliphatic heterocycles. The van der Waals surface area contributed by atoms with Gasteiger partial charge in [0.25, 0.3) is 0 Å². The summed E-state index contributed by atoms with van der Waals surface area (Å²) < 4.78 is 0. The Hall–Kier alpha value is 0.650. The Bertz CT molecular complexity index is 240. The molecule has 0 amide bonds. The molecule has 1 saturated heterocycles. The maximum atomic E-state index is 4.63. The largest absolute Gasteiger partial charge is 0.351 e. The van der Waals surface area contributed by atoms with Crippen molar-refractivity contribution in [3.05, 3.63) is 0 Å². The lowest BCUT2D eigenvalue weighted by Crippen LogP contribution is -2.37. The van der Waals surface area contributed by atoms with E-state index in [-0.39, 0.29) is 0 Å². The van der Waals surface area contributed by atoms with Crippen molar-refractivity contribution in [2.75, 3.05) is 31.2 Å². The third-order valence-corrected chi connectivity index (χ3v) is 6.52. The van der Waals surface area contributed by atoms with Crippen molar-refractivity contribution in [3.63, 3.8) is 0 Å². The van der Waals surface area contributed by atoms with E-state index in [2.05, 4.69) is 32.1 Å². The zero-order chi connectivity index (χ0) is 10.7. The van der Waals surface area contributed by atoms with Crippen LogP contribution < -0.4 is 0 Å². The van der Waals surface area contributed by atoms with Gasteiger partial charge >= 0.3 is 0 Å². The third kappa shape index (κ3) is 3.07. The normalized spacial score (nSPS) is 28.3. The lowest BCUT2D eigenvalue weighted by molar-refractivity contribution is 0.354. The summed E-state index contributed by atoms with van der Waals surface area (Å²) in [6.07, 6.45) is 4.86. The average Bonchev–Trinajstić information content (AvgIpc) is 2.78. The number of likely N-dealkylation sites (tertiary alicyclic amines) is 1. The van der Waals surface area contributed by atoms with Gasteiger partial charge in [0.1, 0.15) is 0 Å². The highest BCUT2D eigenvalue weighted by molar-refractivity contribution is 9.09. The first-order chi connectivity index (χ1) is 7.33. The van der Waals surface area contributed by atoms with Crippen molar-refractivity contribution in [2.45, 2.75) is 23.3 Å². The summed E-state index contributed by atoms with van der Waals surface area (Å²) in [5.41, 5.74) is 0. The molecule has 86 valence electrons. The molecule has 1 fully saturated rings. The van der Waals surface area contributed by atoms with Gasteiger partial charge in [-0.25, -0.2) is 0 Å². The summed E-state index contributed by atoms with van der Waals surface area (Å²) in [7, 11) is 0. The number of rotatable bonds is 2. The van der Waals surface area contributed by atoms with Gasteiger partial charge in [0, 0.05) is 28.9 Å². The maximum Gasteiger partial charge on any atom is 0.159 e. The highest BCUT2D eigenvalue weighted by Crippen LogP contribution is 2.28. The first-order valence-corrected chi connectivity index (χ1v) is 8.67. The maximum absolute atomic E-state index is 4.63. The summed E-state index contributed by atoms with van der Waals surface area (Å²) in [5.74, 6) is 0. The van der Waals surface area contributed by atoms with Crippen LogP contribution >= 0.6 is 39.5 Å². The Balaban J connectivity index is 1.81. The number of amidine groups is 1.